The third-order valence-electron chi connectivity index (χ3n) is 3.57. The summed E-state index contributed by atoms with van der Waals surface area (Å²) in [5.41, 5.74) is 2.10. The summed E-state index contributed by atoms with van der Waals surface area (Å²) in [5, 5.41) is 5.74. The molecule has 1 aromatic carbocycles. The molecule has 2 rings (SSSR count). The Hall–Kier alpha value is -1.88. The fourth-order valence-electron chi connectivity index (χ4n) is 2.34. The Bertz CT molecular complexity index is 511. The zero-order chi connectivity index (χ0) is 15.4. The third-order valence-corrected chi connectivity index (χ3v) is 3.57. The lowest BCUT2D eigenvalue weighted by atomic mass is 10.1. The highest BCUT2D eigenvalue weighted by molar-refractivity contribution is 6.04. The van der Waals surface area contributed by atoms with Crippen molar-refractivity contribution in [2.75, 3.05) is 18.0 Å². The number of piperazine rings is 1. The average molecular weight is 289 g/mol. The van der Waals surface area contributed by atoms with Crippen LogP contribution in [0, 0.1) is 5.92 Å². The van der Waals surface area contributed by atoms with Gasteiger partial charge in [0.1, 0.15) is 6.04 Å². The molecule has 1 aliphatic heterocycles. The van der Waals surface area contributed by atoms with Crippen LogP contribution in [0.2, 0.25) is 0 Å². The number of hydrogen-bond donors (Lipinski definition) is 2. The molecule has 0 saturated carbocycles. The van der Waals surface area contributed by atoms with E-state index in [-0.39, 0.29) is 24.4 Å². The summed E-state index contributed by atoms with van der Waals surface area (Å²) < 4.78 is 0. The van der Waals surface area contributed by atoms with Crippen molar-refractivity contribution in [3.63, 3.8) is 0 Å². The minimum absolute atomic E-state index is 0.220. The quantitative estimate of drug-likeness (QED) is 0.802. The highest BCUT2D eigenvalue weighted by Crippen LogP contribution is 2.19. The average Bonchev–Trinajstić information content (AvgIpc) is 2.43. The molecule has 1 saturated heterocycles. The van der Waals surface area contributed by atoms with E-state index in [1.165, 1.54) is 5.56 Å². The Kier molecular flexibility index (Phi) is 4.96. The highest BCUT2D eigenvalue weighted by Gasteiger charge is 2.30. The monoisotopic (exact) mass is 289 g/mol. The molecule has 5 heteroatoms. The lowest BCUT2D eigenvalue weighted by molar-refractivity contribution is -0.132. The first-order valence-corrected chi connectivity index (χ1v) is 7.37. The lowest BCUT2D eigenvalue weighted by Gasteiger charge is -2.33. The van der Waals surface area contributed by atoms with Crippen molar-refractivity contribution >= 4 is 17.5 Å². The zero-order valence-corrected chi connectivity index (χ0v) is 12.8. The molecular weight excluding hydrogens is 266 g/mol. The number of imide groups is 1. The number of carbonyl (C=O) groups is 2. The molecule has 0 spiro atoms. The molecule has 0 radical (unpaired) electrons. The van der Waals surface area contributed by atoms with Gasteiger partial charge in [0.2, 0.25) is 11.8 Å². The van der Waals surface area contributed by atoms with Crippen molar-refractivity contribution in [3.8, 4) is 0 Å². The summed E-state index contributed by atoms with van der Waals surface area (Å²) in [4.78, 5) is 25.0. The van der Waals surface area contributed by atoms with E-state index in [4.69, 9.17) is 0 Å². The van der Waals surface area contributed by atoms with Gasteiger partial charge in [-0.25, -0.2) is 0 Å². The Morgan fingerprint density at radius 1 is 1.29 bits per heavy atom. The predicted octanol–water partition coefficient (Wildman–Crippen LogP) is 1.28. The molecule has 5 nitrogen and oxygen atoms in total. The van der Waals surface area contributed by atoms with E-state index >= 15 is 0 Å². The maximum Gasteiger partial charge on any atom is 0.249 e. The van der Waals surface area contributed by atoms with Crippen LogP contribution >= 0.6 is 0 Å². The van der Waals surface area contributed by atoms with Crippen LogP contribution in [0.1, 0.15) is 26.3 Å². The van der Waals surface area contributed by atoms with Crippen molar-refractivity contribution in [1.29, 1.82) is 0 Å². The molecule has 1 unspecified atom stereocenters. The minimum Gasteiger partial charge on any atom is -0.350 e. The molecule has 0 aromatic heterocycles. The second-order valence-corrected chi connectivity index (χ2v) is 5.91. The maximum atomic E-state index is 11.7. The fourth-order valence-corrected chi connectivity index (χ4v) is 2.34. The van der Waals surface area contributed by atoms with E-state index in [0.29, 0.717) is 5.92 Å². The van der Waals surface area contributed by atoms with Gasteiger partial charge in [-0.05, 0) is 37.1 Å². The number of nitrogens with one attached hydrogen (secondary N) is 2. The summed E-state index contributed by atoms with van der Waals surface area (Å²) in [7, 11) is 0. The molecule has 0 bridgehead atoms. The summed E-state index contributed by atoms with van der Waals surface area (Å²) in [5.74, 6) is 0.137. The second-order valence-electron chi connectivity index (χ2n) is 5.91. The van der Waals surface area contributed by atoms with Crippen LogP contribution in [0.4, 0.5) is 5.69 Å². The summed E-state index contributed by atoms with van der Waals surface area (Å²) in [6, 6.07) is 7.68. The molecule has 21 heavy (non-hydrogen) atoms. The predicted molar refractivity (Wildman–Crippen MR) is 82.9 cm³/mol. The molecule has 1 heterocycles. The van der Waals surface area contributed by atoms with Crippen LogP contribution in [-0.4, -0.2) is 30.9 Å². The number of rotatable bonds is 5. The fraction of sp³-hybridized carbons (Fsp3) is 0.500. The molecular formula is C16H23N3O2. The molecule has 0 aliphatic carbocycles. The standard InChI is InChI=1S/C16H23N3O2/c1-11(2)8-17-9-13-4-6-14(7-5-13)19-10-15(20)18-16(21)12(19)3/h4-7,11-12,17H,8-10H2,1-3H3,(H,18,20,21). The van der Waals surface area contributed by atoms with E-state index in [0.717, 1.165) is 18.8 Å². The first kappa shape index (κ1) is 15.5. The van der Waals surface area contributed by atoms with Crippen molar-refractivity contribution in [1.82, 2.24) is 10.6 Å². The lowest BCUT2D eigenvalue weighted by Crippen LogP contribution is -2.57. The molecule has 1 aromatic rings. The smallest absolute Gasteiger partial charge is 0.249 e. The Morgan fingerprint density at radius 2 is 1.95 bits per heavy atom. The second kappa shape index (κ2) is 6.72. The topological polar surface area (TPSA) is 61.4 Å². The van der Waals surface area contributed by atoms with Crippen LogP contribution in [0.5, 0.6) is 0 Å². The van der Waals surface area contributed by atoms with Gasteiger partial charge in [0.25, 0.3) is 0 Å². The maximum absolute atomic E-state index is 11.7. The van der Waals surface area contributed by atoms with Crippen molar-refractivity contribution < 1.29 is 9.59 Å². The first-order valence-electron chi connectivity index (χ1n) is 7.37. The largest absolute Gasteiger partial charge is 0.350 e. The molecule has 2 amide bonds. The van der Waals surface area contributed by atoms with E-state index in [1.54, 1.807) is 6.92 Å². The minimum atomic E-state index is -0.326. The molecule has 1 atom stereocenters. The Morgan fingerprint density at radius 3 is 2.57 bits per heavy atom. The van der Waals surface area contributed by atoms with E-state index in [9.17, 15) is 9.59 Å². The van der Waals surface area contributed by atoms with Crippen molar-refractivity contribution in [3.05, 3.63) is 29.8 Å². The van der Waals surface area contributed by atoms with Crippen molar-refractivity contribution in [2.24, 2.45) is 5.92 Å². The Labute approximate surface area is 125 Å². The summed E-state index contributed by atoms with van der Waals surface area (Å²) in [6.45, 7) is 8.19. The van der Waals surface area contributed by atoms with Gasteiger partial charge in [-0.3, -0.25) is 14.9 Å². The van der Waals surface area contributed by atoms with Gasteiger partial charge in [0.15, 0.2) is 0 Å². The number of nitrogens with zero attached hydrogens (tertiary/aromatic N) is 1. The zero-order valence-electron chi connectivity index (χ0n) is 12.8. The van der Waals surface area contributed by atoms with Crippen LogP contribution in [0.3, 0.4) is 0 Å². The van der Waals surface area contributed by atoms with Gasteiger partial charge in [-0.15, -0.1) is 0 Å². The van der Waals surface area contributed by atoms with Gasteiger partial charge in [-0.1, -0.05) is 26.0 Å². The summed E-state index contributed by atoms with van der Waals surface area (Å²) >= 11 is 0. The van der Waals surface area contributed by atoms with Crippen LogP contribution < -0.4 is 15.5 Å². The van der Waals surface area contributed by atoms with E-state index in [1.807, 2.05) is 29.2 Å². The number of hydrogen-bond acceptors (Lipinski definition) is 4. The molecule has 2 N–H and O–H groups in total. The van der Waals surface area contributed by atoms with Crippen molar-refractivity contribution in [2.45, 2.75) is 33.4 Å². The molecule has 1 fully saturated rings. The molecule has 114 valence electrons. The number of anilines is 1. The highest BCUT2D eigenvalue weighted by atomic mass is 16.2. The van der Waals surface area contributed by atoms with Crippen LogP contribution in [0.15, 0.2) is 24.3 Å². The van der Waals surface area contributed by atoms with Gasteiger partial charge in [0, 0.05) is 12.2 Å². The number of benzene rings is 1. The number of amides is 2. The van der Waals surface area contributed by atoms with Gasteiger partial charge < -0.3 is 10.2 Å². The molecule has 1 aliphatic rings. The third kappa shape index (κ3) is 4.04. The van der Waals surface area contributed by atoms with E-state index < -0.39 is 0 Å². The summed E-state index contributed by atoms with van der Waals surface area (Å²) in [6.07, 6.45) is 0. The Balaban J connectivity index is 2.01. The van der Waals surface area contributed by atoms with Crippen LogP contribution in [0.25, 0.3) is 0 Å². The normalized spacial score (nSPS) is 19.0. The van der Waals surface area contributed by atoms with Gasteiger partial charge in [-0.2, -0.15) is 0 Å². The van der Waals surface area contributed by atoms with Gasteiger partial charge >= 0.3 is 0 Å². The number of carbonyl (C=O) groups excluding carboxylic acids is 2. The SMILES string of the molecule is CC(C)CNCc1ccc(N2CC(=O)NC(=O)C2C)cc1. The first-order chi connectivity index (χ1) is 9.97. The van der Waals surface area contributed by atoms with E-state index in [2.05, 4.69) is 24.5 Å². The van der Waals surface area contributed by atoms with Crippen LogP contribution in [-0.2, 0) is 16.1 Å². The van der Waals surface area contributed by atoms with Gasteiger partial charge in [0.05, 0.1) is 6.54 Å².